The summed E-state index contributed by atoms with van der Waals surface area (Å²) < 4.78 is 30.2. The molecular weight excluding hydrogens is 374 g/mol. The molecule has 1 N–H and O–H groups in total. The number of H-pyrrole nitrogens is 1. The van der Waals surface area contributed by atoms with E-state index in [1.54, 1.807) is 22.8 Å². The molecule has 2 aromatic heterocycles. The van der Waals surface area contributed by atoms with Crippen molar-refractivity contribution in [1.29, 1.82) is 0 Å². The lowest BCUT2D eigenvalue weighted by atomic mass is 9.87. The predicted molar refractivity (Wildman–Crippen MR) is 106 cm³/mol. The minimum absolute atomic E-state index is 0.170. The van der Waals surface area contributed by atoms with Gasteiger partial charge in [0.05, 0.1) is 11.2 Å². The lowest BCUT2D eigenvalue weighted by Gasteiger charge is -2.41. The van der Waals surface area contributed by atoms with E-state index in [9.17, 15) is 13.6 Å². The van der Waals surface area contributed by atoms with Gasteiger partial charge in [0.25, 0.3) is 5.91 Å². The van der Waals surface area contributed by atoms with Crippen LogP contribution in [0.25, 0.3) is 10.9 Å². The summed E-state index contributed by atoms with van der Waals surface area (Å²) >= 11 is 0. The number of nitrogens with one attached hydrogen (secondary N) is 1. The standard InChI is InChI=1S/C22H22F2N4O/c1-4-6-7-14-12-16-15-10-13(23)11-17(24)20(15)26-21(16)22(28(14)19(29)5-2)18-8-9-25-27(18)3/h2,8-11,14,22,26H,4,6-7,12H2,1,3H3/t14-,22-/m0/s1. The Kier molecular flexibility index (Phi) is 4.87. The Bertz CT molecular complexity index is 1120. The van der Waals surface area contributed by atoms with E-state index in [4.69, 9.17) is 6.42 Å². The van der Waals surface area contributed by atoms with Crippen LogP contribution in [0.1, 0.15) is 49.2 Å². The molecule has 1 aliphatic rings. The maximum absolute atomic E-state index is 14.5. The number of terminal acetylenes is 1. The Balaban J connectivity index is 1.99. The number of benzene rings is 1. The average molecular weight is 396 g/mol. The molecule has 4 rings (SSSR count). The molecule has 1 amide bonds. The highest BCUT2D eigenvalue weighted by Crippen LogP contribution is 2.42. The highest BCUT2D eigenvalue weighted by molar-refractivity contribution is 5.94. The molecule has 1 aromatic carbocycles. The van der Waals surface area contributed by atoms with Crippen LogP contribution in [0, 0.1) is 24.0 Å². The van der Waals surface area contributed by atoms with E-state index in [-0.39, 0.29) is 11.6 Å². The second kappa shape index (κ2) is 7.36. The topological polar surface area (TPSA) is 53.9 Å². The van der Waals surface area contributed by atoms with Gasteiger partial charge in [0.15, 0.2) is 0 Å². The van der Waals surface area contributed by atoms with Crippen LogP contribution in [0.3, 0.4) is 0 Å². The summed E-state index contributed by atoms with van der Waals surface area (Å²) in [5.41, 5.74) is 2.48. The summed E-state index contributed by atoms with van der Waals surface area (Å²) in [5, 5.41) is 4.75. The van der Waals surface area contributed by atoms with Crippen molar-refractivity contribution in [2.75, 3.05) is 0 Å². The van der Waals surface area contributed by atoms with E-state index in [2.05, 4.69) is 22.9 Å². The molecule has 0 unspecified atom stereocenters. The fourth-order valence-electron chi connectivity index (χ4n) is 4.41. The Hall–Kier alpha value is -3.14. The molecule has 0 aliphatic carbocycles. The van der Waals surface area contributed by atoms with Gasteiger partial charge in [-0.25, -0.2) is 8.78 Å². The van der Waals surface area contributed by atoms with Crippen LogP contribution < -0.4 is 0 Å². The third-order valence-electron chi connectivity index (χ3n) is 5.74. The average Bonchev–Trinajstić information content (AvgIpc) is 3.28. The smallest absolute Gasteiger partial charge is 0.299 e. The highest BCUT2D eigenvalue weighted by Gasteiger charge is 2.41. The van der Waals surface area contributed by atoms with Crippen LogP contribution in [-0.2, 0) is 18.3 Å². The van der Waals surface area contributed by atoms with Crippen molar-refractivity contribution in [3.05, 3.63) is 53.0 Å². The predicted octanol–water partition coefficient (Wildman–Crippen LogP) is 3.85. The van der Waals surface area contributed by atoms with Crippen molar-refractivity contribution in [3.63, 3.8) is 0 Å². The van der Waals surface area contributed by atoms with Gasteiger partial charge in [0.1, 0.15) is 17.7 Å². The quantitative estimate of drug-likeness (QED) is 0.681. The van der Waals surface area contributed by atoms with E-state index in [1.165, 1.54) is 6.07 Å². The summed E-state index contributed by atoms with van der Waals surface area (Å²) in [4.78, 5) is 17.6. The van der Waals surface area contributed by atoms with E-state index >= 15 is 0 Å². The number of carbonyl (C=O) groups excluding carboxylic acids is 1. The molecule has 150 valence electrons. The van der Waals surface area contributed by atoms with Gasteiger partial charge in [0.2, 0.25) is 0 Å². The number of nitrogens with zero attached hydrogens (tertiary/aromatic N) is 3. The summed E-state index contributed by atoms with van der Waals surface area (Å²) in [6, 6.07) is 3.31. The Morgan fingerprint density at radius 1 is 1.41 bits per heavy atom. The Morgan fingerprint density at radius 2 is 2.21 bits per heavy atom. The zero-order chi connectivity index (χ0) is 20.7. The number of aryl methyl sites for hydroxylation is 1. The number of aromatic amines is 1. The fourth-order valence-corrected chi connectivity index (χ4v) is 4.41. The molecule has 0 spiro atoms. The number of hydrogen-bond acceptors (Lipinski definition) is 2. The second-order valence-electron chi connectivity index (χ2n) is 7.47. The molecule has 0 saturated heterocycles. The fraction of sp³-hybridized carbons (Fsp3) is 0.364. The van der Waals surface area contributed by atoms with E-state index in [1.807, 2.05) is 6.07 Å². The first-order chi connectivity index (χ1) is 14.0. The van der Waals surface area contributed by atoms with Crippen LogP contribution in [0.15, 0.2) is 24.4 Å². The molecule has 3 aromatic rings. The molecule has 29 heavy (non-hydrogen) atoms. The van der Waals surface area contributed by atoms with Crippen molar-refractivity contribution in [2.24, 2.45) is 7.05 Å². The molecule has 7 heteroatoms. The van der Waals surface area contributed by atoms with Crippen molar-refractivity contribution in [1.82, 2.24) is 19.7 Å². The maximum Gasteiger partial charge on any atom is 0.299 e. The minimum Gasteiger partial charge on any atom is -0.354 e. The molecular formula is C22H22F2N4O. The Morgan fingerprint density at radius 3 is 2.86 bits per heavy atom. The summed E-state index contributed by atoms with van der Waals surface area (Å²) in [6.07, 6.45) is 10.3. The van der Waals surface area contributed by atoms with Gasteiger partial charge < -0.3 is 9.88 Å². The number of aromatic nitrogens is 3. The van der Waals surface area contributed by atoms with E-state index in [0.717, 1.165) is 36.6 Å². The van der Waals surface area contributed by atoms with Crippen molar-refractivity contribution < 1.29 is 13.6 Å². The lowest BCUT2D eigenvalue weighted by molar-refractivity contribution is -0.130. The normalized spacial score (nSPS) is 18.7. The molecule has 0 saturated carbocycles. The summed E-state index contributed by atoms with van der Waals surface area (Å²) in [6.45, 7) is 2.08. The first kappa shape index (κ1) is 19.2. The third kappa shape index (κ3) is 3.09. The number of carbonyl (C=O) groups is 1. The zero-order valence-electron chi connectivity index (χ0n) is 16.4. The first-order valence-corrected chi connectivity index (χ1v) is 9.72. The molecule has 5 nitrogen and oxygen atoms in total. The number of fused-ring (bicyclic) bond motifs is 3. The third-order valence-corrected chi connectivity index (χ3v) is 5.74. The van der Waals surface area contributed by atoms with Crippen LogP contribution in [0.4, 0.5) is 8.78 Å². The maximum atomic E-state index is 14.5. The minimum atomic E-state index is -0.655. The van der Waals surface area contributed by atoms with Gasteiger partial charge in [-0.05, 0) is 36.5 Å². The number of hydrogen-bond donors (Lipinski definition) is 1. The molecule has 0 bridgehead atoms. The zero-order valence-corrected chi connectivity index (χ0v) is 16.4. The monoisotopic (exact) mass is 396 g/mol. The number of unbranched alkanes of at least 4 members (excludes halogenated alkanes) is 1. The number of halogens is 2. The number of rotatable bonds is 4. The van der Waals surface area contributed by atoms with E-state index in [0.29, 0.717) is 17.5 Å². The van der Waals surface area contributed by atoms with Gasteiger partial charge in [-0.2, -0.15) is 5.10 Å². The molecule has 2 atom stereocenters. The molecule has 1 aliphatic heterocycles. The van der Waals surface area contributed by atoms with Crippen molar-refractivity contribution in [2.45, 2.75) is 44.7 Å². The summed E-state index contributed by atoms with van der Waals surface area (Å²) in [5.74, 6) is 0.546. The van der Waals surface area contributed by atoms with E-state index < -0.39 is 23.6 Å². The van der Waals surface area contributed by atoms with Crippen LogP contribution in [-0.4, -0.2) is 31.6 Å². The number of amides is 1. The van der Waals surface area contributed by atoms with Crippen molar-refractivity contribution in [3.8, 4) is 12.3 Å². The SMILES string of the molecule is C#CC(=O)N1[C@@H](CCCC)Cc2c([nH]c3c(F)cc(F)cc23)[C@@H]1c1ccnn1C. The lowest BCUT2D eigenvalue weighted by Crippen LogP contribution is -2.47. The molecule has 3 heterocycles. The van der Waals surface area contributed by atoms with Gasteiger partial charge in [-0.1, -0.05) is 19.8 Å². The van der Waals surface area contributed by atoms with Crippen molar-refractivity contribution >= 4 is 16.8 Å². The molecule has 0 radical (unpaired) electrons. The summed E-state index contributed by atoms with van der Waals surface area (Å²) in [7, 11) is 1.78. The van der Waals surface area contributed by atoms with Gasteiger partial charge in [0, 0.05) is 36.4 Å². The highest BCUT2D eigenvalue weighted by atomic mass is 19.1. The Labute approximate surface area is 167 Å². The van der Waals surface area contributed by atoms with Gasteiger partial charge >= 0.3 is 0 Å². The van der Waals surface area contributed by atoms with Crippen LogP contribution in [0.2, 0.25) is 0 Å². The molecule has 0 fully saturated rings. The first-order valence-electron chi connectivity index (χ1n) is 9.72. The largest absolute Gasteiger partial charge is 0.354 e. The van der Waals surface area contributed by atoms with Gasteiger partial charge in [-0.3, -0.25) is 9.48 Å². The second-order valence-corrected chi connectivity index (χ2v) is 7.47. The van der Waals surface area contributed by atoms with Gasteiger partial charge in [-0.15, -0.1) is 6.42 Å². The van der Waals surface area contributed by atoms with Crippen LogP contribution >= 0.6 is 0 Å². The van der Waals surface area contributed by atoms with Crippen LogP contribution in [0.5, 0.6) is 0 Å².